The molecule has 0 aliphatic carbocycles. The third kappa shape index (κ3) is 7.64. The normalized spacial score (nSPS) is 17.0. The predicted octanol–water partition coefficient (Wildman–Crippen LogP) is 7.78. The maximum Gasteiger partial charge on any atom is 0.266 e. The van der Waals surface area contributed by atoms with E-state index in [-0.39, 0.29) is 25.5 Å². The number of rotatable bonds is 13. The van der Waals surface area contributed by atoms with Gasteiger partial charge in [0.25, 0.3) is 5.91 Å². The van der Waals surface area contributed by atoms with Crippen LogP contribution in [0.3, 0.4) is 0 Å². The summed E-state index contributed by atoms with van der Waals surface area (Å²) in [5.41, 5.74) is 16.7. The summed E-state index contributed by atoms with van der Waals surface area (Å²) in [5.74, 6) is 0.406. The van der Waals surface area contributed by atoms with E-state index in [4.69, 9.17) is 42.8 Å². The van der Waals surface area contributed by atoms with E-state index in [9.17, 15) is 10.3 Å². The van der Waals surface area contributed by atoms with Crippen molar-refractivity contribution >= 4 is 56.6 Å². The van der Waals surface area contributed by atoms with E-state index in [0.29, 0.717) is 51.2 Å². The number of nitrogens with one attached hydrogen (secondary N) is 2. The second-order valence-corrected chi connectivity index (χ2v) is 12.0. The quantitative estimate of drug-likeness (QED) is 0.0425. The molecule has 2 atom stereocenters. The Morgan fingerprint density at radius 1 is 1.07 bits per heavy atom. The van der Waals surface area contributed by atoms with Gasteiger partial charge in [-0.25, -0.2) is 10.4 Å². The van der Waals surface area contributed by atoms with Crippen LogP contribution in [0, 0.1) is 0 Å². The summed E-state index contributed by atoms with van der Waals surface area (Å²) in [6, 6.07) is 26.9. The molecule has 0 spiro atoms. The zero-order valence-electron chi connectivity index (χ0n) is 24.4. The van der Waals surface area contributed by atoms with Crippen LogP contribution in [0.5, 0.6) is 5.75 Å². The van der Waals surface area contributed by atoms with Crippen molar-refractivity contribution in [3.8, 4) is 5.75 Å². The van der Waals surface area contributed by atoms with Gasteiger partial charge in [-0.05, 0) is 59.1 Å². The summed E-state index contributed by atoms with van der Waals surface area (Å²) in [6.45, 7) is 0.664. The van der Waals surface area contributed by atoms with Gasteiger partial charge in [0, 0.05) is 52.2 Å². The lowest BCUT2D eigenvalue weighted by Crippen LogP contribution is -2.53. The van der Waals surface area contributed by atoms with Crippen molar-refractivity contribution in [3.05, 3.63) is 138 Å². The number of amides is 1. The molecule has 1 heterocycles. The third-order valence-electron chi connectivity index (χ3n) is 7.30. The Hall–Kier alpha value is -4.09. The fourth-order valence-corrected chi connectivity index (χ4v) is 5.84. The van der Waals surface area contributed by atoms with Gasteiger partial charge in [-0.3, -0.25) is 10.2 Å². The van der Waals surface area contributed by atoms with Crippen molar-refractivity contribution in [1.82, 2.24) is 10.9 Å². The molecule has 0 unspecified atom stereocenters. The molecule has 0 bridgehead atoms. The molecular weight excluding hydrogens is 695 g/mol. The number of nitrogens with zero attached hydrogens (tertiary/aromatic N) is 4. The molecule has 5 rings (SSSR count). The van der Waals surface area contributed by atoms with Crippen LogP contribution in [-0.4, -0.2) is 35.7 Å². The fourth-order valence-electron chi connectivity index (χ4n) is 5.03. The summed E-state index contributed by atoms with van der Waals surface area (Å²) >= 11 is 15.9. The number of aliphatic hydroxyl groups is 1. The van der Waals surface area contributed by atoms with Crippen LogP contribution < -0.4 is 15.6 Å². The molecule has 4 aromatic carbocycles. The second kappa shape index (κ2) is 15.5. The molecule has 236 valence electrons. The zero-order valence-corrected chi connectivity index (χ0v) is 27.5. The monoisotopic (exact) mass is 722 g/mol. The Kier molecular flexibility index (Phi) is 11.2. The molecule has 3 N–H and O–H groups in total. The van der Waals surface area contributed by atoms with Gasteiger partial charge in [0.2, 0.25) is 5.90 Å². The summed E-state index contributed by atoms with van der Waals surface area (Å²) in [6.07, 6.45) is -0.330. The number of carbonyl (C=O) groups is 1. The maximum atomic E-state index is 14.5. The standard InChI is InChI=1S/C33H29BrCl2N6O4/c34-26-8-3-2-7-25(26)30-33(19-23-6-1-4-9-29(23)40-42-37,32(44)41-38-20-21-10-15-27(35)28(36)18-21)39-31(46-30)22-11-13-24(14-12-22)45-17-5-16-43/h1-4,6-15,18,30,38,43H,5,16-17,19-20H2,(H,41,44)/t30-,33-/m0/s1. The highest BCUT2D eigenvalue weighted by Gasteiger charge is 2.54. The molecule has 0 saturated carbocycles. The van der Waals surface area contributed by atoms with Crippen molar-refractivity contribution in [3.63, 3.8) is 0 Å². The fraction of sp³-hybridized carbons (Fsp3) is 0.212. The van der Waals surface area contributed by atoms with Gasteiger partial charge in [-0.15, -0.1) is 0 Å². The first-order valence-electron chi connectivity index (χ1n) is 14.3. The number of hydrogen-bond acceptors (Lipinski definition) is 7. The molecule has 10 nitrogen and oxygen atoms in total. The van der Waals surface area contributed by atoms with E-state index in [0.717, 1.165) is 10.0 Å². The topological polar surface area (TPSA) is 141 Å². The molecule has 0 fully saturated rings. The Balaban J connectivity index is 1.56. The summed E-state index contributed by atoms with van der Waals surface area (Å²) in [4.78, 5) is 22.5. The van der Waals surface area contributed by atoms with E-state index in [2.05, 4.69) is 36.8 Å². The smallest absolute Gasteiger partial charge is 0.266 e. The number of aliphatic imine (C=N–C) groups is 1. The van der Waals surface area contributed by atoms with Crippen molar-refractivity contribution in [2.45, 2.75) is 31.0 Å². The molecule has 0 radical (unpaired) electrons. The summed E-state index contributed by atoms with van der Waals surface area (Å²) < 4.78 is 13.0. The summed E-state index contributed by atoms with van der Waals surface area (Å²) in [7, 11) is 0. The Morgan fingerprint density at radius 2 is 1.83 bits per heavy atom. The number of carbonyl (C=O) groups excluding carboxylic acids is 1. The Morgan fingerprint density at radius 3 is 2.57 bits per heavy atom. The van der Waals surface area contributed by atoms with Crippen LogP contribution in [0.2, 0.25) is 10.0 Å². The highest BCUT2D eigenvalue weighted by atomic mass is 79.9. The minimum absolute atomic E-state index is 0.0361. The lowest BCUT2D eigenvalue weighted by molar-refractivity contribution is -0.130. The summed E-state index contributed by atoms with van der Waals surface area (Å²) in [5, 5.41) is 13.8. The van der Waals surface area contributed by atoms with Crippen molar-refractivity contribution < 1.29 is 19.4 Å². The minimum Gasteiger partial charge on any atom is -0.494 e. The number of benzene rings is 4. The van der Waals surface area contributed by atoms with E-state index in [1.54, 1.807) is 60.7 Å². The number of azide groups is 1. The first-order valence-corrected chi connectivity index (χ1v) is 15.8. The number of hydrazine groups is 1. The van der Waals surface area contributed by atoms with Crippen LogP contribution in [0.1, 0.15) is 34.8 Å². The first kappa shape index (κ1) is 33.3. The van der Waals surface area contributed by atoms with E-state index in [1.165, 1.54) is 0 Å². The van der Waals surface area contributed by atoms with Gasteiger partial charge >= 0.3 is 0 Å². The van der Waals surface area contributed by atoms with Crippen LogP contribution in [-0.2, 0) is 22.5 Å². The zero-order chi connectivity index (χ0) is 32.5. The molecule has 0 aromatic heterocycles. The number of aliphatic hydroxyl groups excluding tert-OH is 1. The van der Waals surface area contributed by atoms with Gasteiger partial charge in [-0.1, -0.05) is 92.8 Å². The maximum absolute atomic E-state index is 14.5. The average Bonchev–Trinajstić information content (AvgIpc) is 3.44. The Labute approximate surface area is 284 Å². The van der Waals surface area contributed by atoms with Crippen molar-refractivity contribution in [2.24, 2.45) is 10.1 Å². The van der Waals surface area contributed by atoms with Gasteiger partial charge in [0.05, 0.1) is 16.7 Å². The van der Waals surface area contributed by atoms with Gasteiger partial charge in [-0.2, -0.15) is 0 Å². The molecule has 1 aliphatic heterocycles. The highest BCUT2D eigenvalue weighted by Crippen LogP contribution is 2.45. The molecule has 1 amide bonds. The lowest BCUT2D eigenvalue weighted by atomic mass is 9.81. The van der Waals surface area contributed by atoms with Crippen LogP contribution in [0.25, 0.3) is 10.4 Å². The molecule has 0 saturated heterocycles. The van der Waals surface area contributed by atoms with E-state index in [1.807, 2.05) is 30.3 Å². The molecule has 1 aliphatic rings. The minimum atomic E-state index is -1.55. The van der Waals surface area contributed by atoms with Crippen LogP contribution in [0.15, 0.2) is 106 Å². The molecular formula is C33H29BrCl2N6O4. The number of hydrogen-bond donors (Lipinski definition) is 3. The number of halogens is 3. The average molecular weight is 724 g/mol. The largest absolute Gasteiger partial charge is 0.494 e. The van der Waals surface area contributed by atoms with E-state index >= 15 is 0 Å². The number of ether oxygens (including phenoxy) is 2. The van der Waals surface area contributed by atoms with Crippen molar-refractivity contribution in [2.75, 3.05) is 13.2 Å². The Bertz CT molecular complexity index is 1780. The highest BCUT2D eigenvalue weighted by molar-refractivity contribution is 9.10. The molecule has 4 aromatic rings. The van der Waals surface area contributed by atoms with Crippen molar-refractivity contribution in [1.29, 1.82) is 0 Å². The van der Waals surface area contributed by atoms with Crippen LogP contribution in [0.4, 0.5) is 5.69 Å². The molecule has 13 heteroatoms. The van der Waals surface area contributed by atoms with E-state index < -0.39 is 17.6 Å². The first-order chi connectivity index (χ1) is 22.3. The van der Waals surface area contributed by atoms with Gasteiger partial charge < -0.3 is 14.6 Å². The lowest BCUT2D eigenvalue weighted by Gasteiger charge is -2.31. The molecule has 46 heavy (non-hydrogen) atoms. The van der Waals surface area contributed by atoms with Gasteiger partial charge in [0.15, 0.2) is 11.6 Å². The van der Waals surface area contributed by atoms with Crippen LogP contribution >= 0.6 is 39.1 Å². The third-order valence-corrected chi connectivity index (χ3v) is 8.76. The predicted molar refractivity (Wildman–Crippen MR) is 181 cm³/mol. The second-order valence-electron chi connectivity index (χ2n) is 10.4. The van der Waals surface area contributed by atoms with Gasteiger partial charge in [0.1, 0.15) is 5.75 Å². The SMILES string of the molecule is [N-]=[N+]=Nc1ccccc1C[C@]1(C(=O)NNCc2ccc(Cl)c(Cl)c2)N=C(c2ccc(OCCCO)cc2)O[C@H]1c1ccccc1Br.